The summed E-state index contributed by atoms with van der Waals surface area (Å²) in [5, 5.41) is 14.7. The molecule has 0 aromatic heterocycles. The van der Waals surface area contributed by atoms with Crippen LogP contribution in [-0.4, -0.2) is 21.3 Å². The first-order chi connectivity index (χ1) is 14.2. The third-order valence-corrected chi connectivity index (χ3v) is 7.15. The number of hydrogen-bond acceptors (Lipinski definition) is 2. The molecule has 0 spiro atoms. The van der Waals surface area contributed by atoms with Crippen LogP contribution in [0.25, 0.3) is 21.9 Å². The summed E-state index contributed by atoms with van der Waals surface area (Å²) >= 11 is 0. The summed E-state index contributed by atoms with van der Waals surface area (Å²) in [7, 11) is 2.78. The first-order valence-corrected chi connectivity index (χ1v) is 11.8. The largest absolute Gasteiger partial charge is 0.313 e. The van der Waals surface area contributed by atoms with E-state index in [1.165, 1.54) is 33.0 Å². The van der Waals surface area contributed by atoms with Crippen molar-refractivity contribution in [3.63, 3.8) is 0 Å². The lowest BCUT2D eigenvalue weighted by Crippen LogP contribution is -2.59. The highest BCUT2D eigenvalue weighted by atomic mass is 31.0. The van der Waals surface area contributed by atoms with Crippen LogP contribution >= 0.6 is 9.24 Å². The van der Waals surface area contributed by atoms with E-state index in [-0.39, 0.29) is 11.1 Å². The number of hydroxylamine groups is 2. The van der Waals surface area contributed by atoms with E-state index < -0.39 is 0 Å². The Hall–Kier alpha value is -1.73. The zero-order valence-corrected chi connectivity index (χ0v) is 19.8. The summed E-state index contributed by atoms with van der Waals surface area (Å²) in [5.41, 5.74) is 4.89. The molecule has 0 aliphatic carbocycles. The van der Waals surface area contributed by atoms with Crippen molar-refractivity contribution in [2.24, 2.45) is 5.92 Å². The molecule has 3 heteroatoms. The van der Waals surface area contributed by atoms with Crippen LogP contribution in [0.5, 0.6) is 0 Å². The number of piperidine rings is 1. The number of benzene rings is 3. The van der Waals surface area contributed by atoms with Crippen molar-refractivity contribution in [1.82, 2.24) is 5.06 Å². The summed E-state index contributed by atoms with van der Waals surface area (Å²) in [5.74, 6) is 0.574. The molecule has 1 atom stereocenters. The van der Waals surface area contributed by atoms with E-state index in [4.69, 9.17) is 0 Å². The molecule has 0 radical (unpaired) electrons. The normalized spacial score (nSPS) is 19.3. The van der Waals surface area contributed by atoms with Crippen molar-refractivity contribution in [2.75, 3.05) is 0 Å². The highest BCUT2D eigenvalue weighted by Crippen LogP contribution is 2.41. The van der Waals surface area contributed by atoms with Crippen molar-refractivity contribution >= 4 is 20.0 Å². The lowest BCUT2D eigenvalue weighted by atomic mass is 9.73. The van der Waals surface area contributed by atoms with Gasteiger partial charge in [0.25, 0.3) is 0 Å². The van der Waals surface area contributed by atoms with Gasteiger partial charge in [-0.05, 0) is 98.1 Å². The highest BCUT2D eigenvalue weighted by Gasteiger charge is 2.44. The molecule has 3 aromatic carbocycles. The van der Waals surface area contributed by atoms with E-state index >= 15 is 0 Å². The smallest absolute Gasteiger partial charge is 0.0413 e. The SMILES string of the molecule is CC1(C)CC(Cc2ccc3cc(-c4ccc(CP)cc4)ccc3c2)CC(C)(C)N1O. The average molecular weight is 420 g/mol. The van der Waals surface area contributed by atoms with Gasteiger partial charge in [0.2, 0.25) is 0 Å². The first-order valence-electron chi connectivity index (χ1n) is 11.0. The molecule has 1 N–H and O–H groups in total. The minimum atomic E-state index is -0.190. The maximum atomic E-state index is 10.6. The molecule has 158 valence electrons. The predicted octanol–water partition coefficient (Wildman–Crippen LogP) is 7.08. The Morgan fingerprint density at radius 3 is 1.97 bits per heavy atom. The van der Waals surface area contributed by atoms with E-state index in [0.717, 1.165) is 25.4 Å². The Labute approximate surface area is 183 Å². The number of fused-ring (bicyclic) bond motifs is 1. The minimum Gasteiger partial charge on any atom is -0.313 e. The van der Waals surface area contributed by atoms with Gasteiger partial charge in [0.05, 0.1) is 0 Å². The van der Waals surface area contributed by atoms with Crippen LogP contribution in [0, 0.1) is 5.92 Å². The van der Waals surface area contributed by atoms with E-state index in [1.807, 2.05) is 0 Å². The third kappa shape index (κ3) is 4.33. The van der Waals surface area contributed by atoms with Gasteiger partial charge < -0.3 is 5.21 Å². The fraction of sp³-hybridized carbons (Fsp3) is 0.407. The quantitative estimate of drug-likeness (QED) is 0.457. The van der Waals surface area contributed by atoms with Crippen LogP contribution in [0.3, 0.4) is 0 Å². The second-order valence-electron chi connectivity index (χ2n) is 10.2. The number of hydrogen-bond donors (Lipinski definition) is 1. The van der Waals surface area contributed by atoms with Crippen LogP contribution in [0.2, 0.25) is 0 Å². The maximum Gasteiger partial charge on any atom is 0.0413 e. The third-order valence-electron chi connectivity index (χ3n) is 6.68. The summed E-state index contributed by atoms with van der Waals surface area (Å²) in [6, 6.07) is 22.5. The monoisotopic (exact) mass is 419 g/mol. The van der Waals surface area contributed by atoms with Crippen molar-refractivity contribution in [2.45, 2.75) is 64.2 Å². The number of rotatable bonds is 4. The Bertz CT molecular complexity index is 1020. The Morgan fingerprint density at radius 1 is 0.800 bits per heavy atom. The molecule has 1 saturated heterocycles. The topological polar surface area (TPSA) is 23.5 Å². The van der Waals surface area contributed by atoms with Crippen LogP contribution in [-0.2, 0) is 12.6 Å². The van der Waals surface area contributed by atoms with Crippen LogP contribution in [0.15, 0.2) is 60.7 Å². The van der Waals surface area contributed by atoms with Gasteiger partial charge in [-0.1, -0.05) is 54.6 Å². The van der Waals surface area contributed by atoms with E-state index in [0.29, 0.717) is 5.92 Å². The van der Waals surface area contributed by atoms with Crippen molar-refractivity contribution in [1.29, 1.82) is 0 Å². The van der Waals surface area contributed by atoms with Crippen molar-refractivity contribution in [3.05, 3.63) is 71.8 Å². The molecule has 0 bridgehead atoms. The zero-order valence-electron chi connectivity index (χ0n) is 18.7. The standard InChI is InChI=1S/C27H34NOP/c1-26(2)16-21(17-27(3,4)28(26)29)13-20-7-10-25-15-24(12-11-23(25)14-20)22-8-5-19(18-30)6-9-22/h5-12,14-15,21,29H,13,16-18,30H2,1-4H3. The molecule has 0 saturated carbocycles. The lowest BCUT2D eigenvalue weighted by molar-refractivity contribution is -0.250. The second-order valence-corrected chi connectivity index (χ2v) is 10.6. The van der Waals surface area contributed by atoms with Gasteiger partial charge in [-0.2, -0.15) is 5.06 Å². The van der Waals surface area contributed by atoms with E-state index in [9.17, 15) is 5.21 Å². The molecule has 1 heterocycles. The van der Waals surface area contributed by atoms with E-state index in [1.54, 1.807) is 5.06 Å². The Kier molecular flexibility index (Phi) is 5.79. The summed E-state index contributed by atoms with van der Waals surface area (Å²) in [6.07, 6.45) is 4.08. The van der Waals surface area contributed by atoms with Crippen LogP contribution in [0.1, 0.15) is 51.7 Å². The molecule has 1 fully saturated rings. The molecule has 0 amide bonds. The zero-order chi connectivity index (χ0) is 21.5. The second kappa shape index (κ2) is 8.08. The molecule has 1 aliphatic rings. The predicted molar refractivity (Wildman–Crippen MR) is 131 cm³/mol. The van der Waals surface area contributed by atoms with Gasteiger partial charge in [-0.15, -0.1) is 9.24 Å². The molecule has 3 aromatic rings. The first kappa shape index (κ1) is 21.5. The van der Waals surface area contributed by atoms with Gasteiger partial charge >= 0.3 is 0 Å². The van der Waals surface area contributed by atoms with Gasteiger partial charge in [0.1, 0.15) is 0 Å². The van der Waals surface area contributed by atoms with Gasteiger partial charge in [0, 0.05) is 11.1 Å². The molecule has 30 heavy (non-hydrogen) atoms. The van der Waals surface area contributed by atoms with Gasteiger partial charge in [-0.25, -0.2) is 0 Å². The van der Waals surface area contributed by atoms with E-state index in [2.05, 4.69) is 97.6 Å². The van der Waals surface area contributed by atoms with Crippen molar-refractivity contribution < 1.29 is 5.21 Å². The van der Waals surface area contributed by atoms with Gasteiger partial charge in [-0.3, -0.25) is 0 Å². The van der Waals surface area contributed by atoms with Crippen LogP contribution in [0.4, 0.5) is 0 Å². The van der Waals surface area contributed by atoms with Gasteiger partial charge in [0.15, 0.2) is 0 Å². The molecule has 4 rings (SSSR count). The summed E-state index contributed by atoms with van der Waals surface area (Å²) in [4.78, 5) is 0. The molecular formula is C27H34NOP. The lowest BCUT2D eigenvalue weighted by Gasteiger charge is -2.51. The highest BCUT2D eigenvalue weighted by molar-refractivity contribution is 7.15. The molecule has 1 aliphatic heterocycles. The van der Waals surface area contributed by atoms with Crippen molar-refractivity contribution in [3.8, 4) is 11.1 Å². The summed E-state index contributed by atoms with van der Waals surface area (Å²) in [6.45, 7) is 8.59. The molecule has 1 unspecified atom stereocenters. The minimum absolute atomic E-state index is 0.190. The fourth-order valence-corrected chi connectivity index (χ4v) is 5.66. The maximum absolute atomic E-state index is 10.6. The molecule has 2 nitrogen and oxygen atoms in total. The number of nitrogens with zero attached hydrogens (tertiary/aromatic N) is 1. The molecular weight excluding hydrogens is 385 g/mol. The Balaban J connectivity index is 1.55. The Morgan fingerprint density at radius 2 is 1.33 bits per heavy atom. The average Bonchev–Trinajstić information content (AvgIpc) is 2.71. The fourth-order valence-electron chi connectivity index (χ4n) is 5.39. The van der Waals surface area contributed by atoms with Crippen LogP contribution < -0.4 is 0 Å². The summed E-state index contributed by atoms with van der Waals surface area (Å²) < 4.78 is 0.